The summed E-state index contributed by atoms with van der Waals surface area (Å²) < 4.78 is 4.86. The van der Waals surface area contributed by atoms with Crippen molar-refractivity contribution >= 4 is 5.97 Å². The number of esters is 1. The highest BCUT2D eigenvalue weighted by atomic mass is 16.5. The molecule has 0 aliphatic rings. The van der Waals surface area contributed by atoms with Gasteiger partial charge in [0.1, 0.15) is 0 Å². The third kappa shape index (κ3) is 5.39. The predicted octanol–water partition coefficient (Wildman–Crippen LogP) is 2.00. The lowest BCUT2D eigenvalue weighted by Gasteiger charge is -2.24. The van der Waals surface area contributed by atoms with Crippen LogP contribution in [0.1, 0.15) is 19.4 Å². The van der Waals surface area contributed by atoms with Crippen LogP contribution in [0.5, 0.6) is 0 Å². The monoisotopic (exact) mass is 264 g/mol. The zero-order chi connectivity index (χ0) is 14.3. The number of carbonyl (C=O) groups excluding carboxylic acids is 1. The van der Waals surface area contributed by atoms with Gasteiger partial charge in [0.2, 0.25) is 0 Å². The van der Waals surface area contributed by atoms with Crippen molar-refractivity contribution < 1.29 is 9.53 Å². The van der Waals surface area contributed by atoms with Crippen molar-refractivity contribution in [3.05, 3.63) is 30.1 Å². The molecule has 4 heteroatoms. The Morgan fingerprint density at radius 3 is 2.74 bits per heavy atom. The number of rotatable bonds is 7. The van der Waals surface area contributed by atoms with E-state index in [1.165, 1.54) is 12.7 Å². The van der Waals surface area contributed by atoms with Crippen molar-refractivity contribution in [3.63, 3.8) is 0 Å². The quantitative estimate of drug-likeness (QED) is 0.706. The molecule has 1 aromatic rings. The van der Waals surface area contributed by atoms with E-state index in [9.17, 15) is 4.79 Å². The molecule has 0 bridgehead atoms. The van der Waals surface area contributed by atoms with Gasteiger partial charge in [0, 0.05) is 25.5 Å². The van der Waals surface area contributed by atoms with Crippen LogP contribution >= 0.6 is 0 Å². The molecule has 0 saturated heterocycles. The molecule has 0 radical (unpaired) electrons. The topological polar surface area (TPSA) is 42.4 Å². The Kier molecular flexibility index (Phi) is 6.50. The number of hydrogen-bond donors (Lipinski definition) is 0. The van der Waals surface area contributed by atoms with Crippen molar-refractivity contribution in [2.24, 2.45) is 11.8 Å². The zero-order valence-electron chi connectivity index (χ0n) is 12.3. The molecule has 0 aromatic carbocycles. The highest BCUT2D eigenvalue weighted by molar-refractivity contribution is 5.72. The number of aromatic nitrogens is 1. The number of carbonyl (C=O) groups is 1. The van der Waals surface area contributed by atoms with Gasteiger partial charge in [0.15, 0.2) is 0 Å². The van der Waals surface area contributed by atoms with E-state index < -0.39 is 0 Å². The summed E-state index contributed by atoms with van der Waals surface area (Å²) in [6.07, 6.45) is 4.60. The Morgan fingerprint density at radius 1 is 1.47 bits per heavy atom. The third-order valence-corrected chi connectivity index (χ3v) is 3.32. The van der Waals surface area contributed by atoms with Crippen molar-refractivity contribution in [3.8, 4) is 0 Å². The van der Waals surface area contributed by atoms with E-state index in [4.69, 9.17) is 4.74 Å². The third-order valence-electron chi connectivity index (χ3n) is 3.32. The van der Waals surface area contributed by atoms with Crippen molar-refractivity contribution in [1.82, 2.24) is 9.88 Å². The van der Waals surface area contributed by atoms with Gasteiger partial charge in [-0.25, -0.2) is 0 Å². The van der Waals surface area contributed by atoms with Gasteiger partial charge in [0.05, 0.1) is 13.0 Å². The number of hydrogen-bond acceptors (Lipinski definition) is 4. The zero-order valence-corrected chi connectivity index (χ0v) is 12.3. The normalized spacial score (nSPS) is 12.7. The lowest BCUT2D eigenvalue weighted by atomic mass is 9.95. The molecule has 0 aliphatic carbocycles. The summed E-state index contributed by atoms with van der Waals surface area (Å²) in [6, 6.07) is 4.02. The van der Waals surface area contributed by atoms with Crippen LogP contribution in [0.15, 0.2) is 24.5 Å². The second kappa shape index (κ2) is 7.89. The molecule has 0 saturated carbocycles. The van der Waals surface area contributed by atoms with Crippen LogP contribution in [0.25, 0.3) is 0 Å². The minimum Gasteiger partial charge on any atom is -0.469 e. The van der Waals surface area contributed by atoms with Gasteiger partial charge in [-0.1, -0.05) is 19.9 Å². The minimum atomic E-state index is -0.122. The largest absolute Gasteiger partial charge is 0.469 e. The maximum absolute atomic E-state index is 11.7. The number of nitrogens with zero attached hydrogens (tertiary/aromatic N) is 2. The van der Waals surface area contributed by atoms with Crippen molar-refractivity contribution in [1.29, 1.82) is 0 Å². The molecule has 1 aromatic heterocycles. The highest BCUT2D eigenvalue weighted by Crippen LogP contribution is 2.14. The van der Waals surface area contributed by atoms with Gasteiger partial charge in [-0.15, -0.1) is 0 Å². The fraction of sp³-hybridized carbons (Fsp3) is 0.600. The lowest BCUT2D eigenvalue weighted by Crippen LogP contribution is -2.35. The smallest absolute Gasteiger partial charge is 0.310 e. The molecule has 19 heavy (non-hydrogen) atoms. The molecule has 4 nitrogen and oxygen atoms in total. The molecule has 0 aliphatic heterocycles. The SMILES string of the molecule is COC(=O)C(CN(C)CCc1cccnc1)C(C)C. The molecule has 0 spiro atoms. The number of methoxy groups -OCH3 is 1. The van der Waals surface area contributed by atoms with E-state index in [1.807, 2.05) is 19.3 Å². The van der Waals surface area contributed by atoms with E-state index in [-0.39, 0.29) is 17.8 Å². The van der Waals surface area contributed by atoms with Crippen molar-refractivity contribution in [2.75, 3.05) is 27.2 Å². The standard InChI is InChI=1S/C15H24N2O2/c1-12(2)14(15(18)19-4)11-17(3)9-7-13-6-5-8-16-10-13/h5-6,8,10,12,14H,7,9,11H2,1-4H3. The summed E-state index contributed by atoms with van der Waals surface area (Å²) in [5.74, 6) is 0.0976. The second-order valence-electron chi connectivity index (χ2n) is 5.25. The molecular formula is C15H24N2O2. The van der Waals surface area contributed by atoms with E-state index in [1.54, 1.807) is 6.20 Å². The maximum Gasteiger partial charge on any atom is 0.310 e. The first-order valence-electron chi connectivity index (χ1n) is 6.70. The summed E-state index contributed by atoms with van der Waals surface area (Å²) in [7, 11) is 3.49. The molecule has 1 heterocycles. The minimum absolute atomic E-state index is 0.0658. The number of ether oxygens (including phenoxy) is 1. The average Bonchev–Trinajstić information content (AvgIpc) is 2.42. The first kappa shape index (κ1) is 15.6. The Morgan fingerprint density at radius 2 is 2.21 bits per heavy atom. The molecule has 0 amide bonds. The summed E-state index contributed by atoms with van der Waals surface area (Å²) in [6.45, 7) is 5.74. The number of pyridine rings is 1. The Bertz CT molecular complexity index is 379. The van der Waals surface area contributed by atoms with E-state index in [0.29, 0.717) is 0 Å². The van der Waals surface area contributed by atoms with Gasteiger partial charge < -0.3 is 9.64 Å². The molecular weight excluding hydrogens is 240 g/mol. The molecule has 0 N–H and O–H groups in total. The summed E-state index contributed by atoms with van der Waals surface area (Å²) in [4.78, 5) is 18.0. The maximum atomic E-state index is 11.7. The van der Waals surface area contributed by atoms with Gasteiger partial charge in [-0.05, 0) is 31.0 Å². The van der Waals surface area contributed by atoms with Gasteiger partial charge in [-0.2, -0.15) is 0 Å². The first-order chi connectivity index (χ1) is 9.04. The van der Waals surface area contributed by atoms with Gasteiger partial charge >= 0.3 is 5.97 Å². The molecule has 106 valence electrons. The first-order valence-corrected chi connectivity index (χ1v) is 6.70. The Labute approximate surface area is 115 Å². The van der Waals surface area contributed by atoms with E-state index in [2.05, 4.69) is 29.8 Å². The highest BCUT2D eigenvalue weighted by Gasteiger charge is 2.24. The molecule has 1 rings (SSSR count). The molecule has 1 unspecified atom stereocenters. The molecule has 1 atom stereocenters. The Hall–Kier alpha value is -1.42. The van der Waals surface area contributed by atoms with Crippen LogP contribution in [0.4, 0.5) is 0 Å². The average molecular weight is 264 g/mol. The number of likely N-dealkylation sites (N-methyl/N-ethyl adjacent to an activating group) is 1. The van der Waals surface area contributed by atoms with Crippen LogP contribution in [-0.2, 0) is 16.0 Å². The lowest BCUT2D eigenvalue weighted by molar-refractivity contribution is -0.147. The second-order valence-corrected chi connectivity index (χ2v) is 5.25. The van der Waals surface area contributed by atoms with E-state index in [0.717, 1.165) is 19.5 Å². The van der Waals surface area contributed by atoms with Crippen molar-refractivity contribution in [2.45, 2.75) is 20.3 Å². The van der Waals surface area contributed by atoms with Gasteiger partial charge in [0.25, 0.3) is 0 Å². The fourth-order valence-electron chi connectivity index (χ4n) is 2.00. The molecule has 0 fully saturated rings. The van der Waals surface area contributed by atoms with Crippen LogP contribution in [0.3, 0.4) is 0 Å². The summed E-state index contributed by atoms with van der Waals surface area (Å²) >= 11 is 0. The van der Waals surface area contributed by atoms with Gasteiger partial charge in [-0.3, -0.25) is 9.78 Å². The van der Waals surface area contributed by atoms with Crippen LogP contribution in [0, 0.1) is 11.8 Å². The summed E-state index contributed by atoms with van der Waals surface area (Å²) in [5.41, 5.74) is 1.22. The van der Waals surface area contributed by atoms with Crippen LogP contribution in [0.2, 0.25) is 0 Å². The van der Waals surface area contributed by atoms with Crippen LogP contribution in [-0.4, -0.2) is 43.1 Å². The van der Waals surface area contributed by atoms with Crippen LogP contribution < -0.4 is 0 Å². The van der Waals surface area contributed by atoms with E-state index >= 15 is 0 Å². The predicted molar refractivity (Wildman–Crippen MR) is 75.8 cm³/mol. The summed E-state index contributed by atoms with van der Waals surface area (Å²) in [5, 5.41) is 0. The Balaban J connectivity index is 2.44. The fourth-order valence-corrected chi connectivity index (χ4v) is 2.00.